The van der Waals surface area contributed by atoms with Crippen molar-refractivity contribution >= 4 is 18.0 Å². The number of carbonyl (C=O) groups excluding carboxylic acids is 2. The molecule has 4 nitrogen and oxygen atoms in total. The third-order valence-electron chi connectivity index (χ3n) is 2.83. The Balaban J connectivity index is 2.25. The molecule has 4 heteroatoms. The van der Waals surface area contributed by atoms with Crippen LogP contribution >= 0.6 is 0 Å². The van der Waals surface area contributed by atoms with Crippen molar-refractivity contribution in [2.75, 3.05) is 6.54 Å². The Labute approximate surface area is 106 Å². The van der Waals surface area contributed by atoms with Crippen LogP contribution in [0, 0.1) is 0 Å². The first-order chi connectivity index (χ1) is 8.72. The average Bonchev–Trinajstić information content (AvgIpc) is 2.63. The van der Waals surface area contributed by atoms with Crippen molar-refractivity contribution in [1.29, 1.82) is 0 Å². The molecule has 0 bridgehead atoms. The SMILES string of the molecule is CCCCN1C(=O)NC(=O)/C1=C/c1ccccc1. The summed E-state index contributed by atoms with van der Waals surface area (Å²) in [6.45, 7) is 2.63. The Morgan fingerprint density at radius 2 is 1.94 bits per heavy atom. The topological polar surface area (TPSA) is 49.4 Å². The van der Waals surface area contributed by atoms with Crippen LogP contribution < -0.4 is 5.32 Å². The molecule has 0 aliphatic carbocycles. The van der Waals surface area contributed by atoms with Gasteiger partial charge in [0.2, 0.25) is 0 Å². The van der Waals surface area contributed by atoms with E-state index in [9.17, 15) is 9.59 Å². The van der Waals surface area contributed by atoms with E-state index >= 15 is 0 Å². The Bertz CT molecular complexity index is 480. The zero-order valence-electron chi connectivity index (χ0n) is 10.3. The maximum absolute atomic E-state index is 11.7. The van der Waals surface area contributed by atoms with Crippen LogP contribution in [0.3, 0.4) is 0 Å². The molecule has 1 heterocycles. The fourth-order valence-corrected chi connectivity index (χ4v) is 1.85. The van der Waals surface area contributed by atoms with Crippen molar-refractivity contribution in [2.45, 2.75) is 19.8 Å². The number of amides is 3. The van der Waals surface area contributed by atoms with E-state index in [0.717, 1.165) is 18.4 Å². The Hall–Kier alpha value is -2.10. The lowest BCUT2D eigenvalue weighted by Gasteiger charge is -2.14. The quantitative estimate of drug-likeness (QED) is 0.653. The second kappa shape index (κ2) is 5.49. The highest BCUT2D eigenvalue weighted by molar-refractivity contribution is 6.13. The van der Waals surface area contributed by atoms with Gasteiger partial charge >= 0.3 is 6.03 Å². The van der Waals surface area contributed by atoms with E-state index in [1.54, 1.807) is 6.08 Å². The molecule has 0 aromatic heterocycles. The second-order valence-electron chi connectivity index (χ2n) is 4.20. The van der Waals surface area contributed by atoms with E-state index in [1.165, 1.54) is 4.90 Å². The van der Waals surface area contributed by atoms with Crippen molar-refractivity contribution in [2.24, 2.45) is 0 Å². The molecule has 0 atom stereocenters. The zero-order chi connectivity index (χ0) is 13.0. The summed E-state index contributed by atoms with van der Waals surface area (Å²) in [5, 5.41) is 2.33. The first-order valence-electron chi connectivity index (χ1n) is 6.12. The van der Waals surface area contributed by atoms with Crippen LogP contribution in [0.5, 0.6) is 0 Å². The number of rotatable bonds is 4. The number of unbranched alkanes of at least 4 members (excludes halogenated alkanes) is 1. The minimum absolute atomic E-state index is 0.319. The van der Waals surface area contributed by atoms with Crippen molar-refractivity contribution in [3.05, 3.63) is 41.6 Å². The van der Waals surface area contributed by atoms with Gasteiger partial charge in [0.25, 0.3) is 5.91 Å². The Morgan fingerprint density at radius 1 is 1.22 bits per heavy atom. The molecule has 1 aromatic carbocycles. The van der Waals surface area contributed by atoms with Crippen molar-refractivity contribution < 1.29 is 9.59 Å². The van der Waals surface area contributed by atoms with Gasteiger partial charge in [-0.1, -0.05) is 43.7 Å². The second-order valence-corrected chi connectivity index (χ2v) is 4.20. The number of nitrogens with one attached hydrogen (secondary N) is 1. The third-order valence-corrected chi connectivity index (χ3v) is 2.83. The summed E-state index contributed by atoms with van der Waals surface area (Å²) in [5.41, 5.74) is 1.35. The van der Waals surface area contributed by atoms with E-state index in [1.807, 2.05) is 30.3 Å². The summed E-state index contributed by atoms with van der Waals surface area (Å²) >= 11 is 0. The van der Waals surface area contributed by atoms with E-state index < -0.39 is 0 Å². The van der Waals surface area contributed by atoms with Gasteiger partial charge in [-0.15, -0.1) is 0 Å². The molecule has 1 aromatic rings. The van der Waals surface area contributed by atoms with Gasteiger partial charge in [-0.25, -0.2) is 4.79 Å². The fourth-order valence-electron chi connectivity index (χ4n) is 1.85. The van der Waals surface area contributed by atoms with Crippen LogP contribution in [0.4, 0.5) is 4.79 Å². The summed E-state index contributed by atoms with van der Waals surface area (Å²) in [6, 6.07) is 9.20. The average molecular weight is 244 g/mol. The molecule has 2 rings (SSSR count). The predicted octanol–water partition coefficient (Wildman–Crippen LogP) is 2.38. The van der Waals surface area contributed by atoms with Gasteiger partial charge in [-0.05, 0) is 18.1 Å². The summed E-state index contributed by atoms with van der Waals surface area (Å²) in [7, 11) is 0. The number of imide groups is 1. The molecule has 3 amide bonds. The van der Waals surface area contributed by atoms with Crippen LogP contribution in [-0.4, -0.2) is 23.4 Å². The highest BCUT2D eigenvalue weighted by Gasteiger charge is 2.32. The van der Waals surface area contributed by atoms with Crippen molar-refractivity contribution in [3.63, 3.8) is 0 Å². The largest absolute Gasteiger partial charge is 0.329 e. The normalized spacial score (nSPS) is 17.4. The first kappa shape index (κ1) is 12.4. The van der Waals surface area contributed by atoms with Gasteiger partial charge in [-0.2, -0.15) is 0 Å². The van der Waals surface area contributed by atoms with Gasteiger partial charge in [0.1, 0.15) is 5.70 Å². The highest BCUT2D eigenvalue weighted by atomic mass is 16.2. The maximum Gasteiger partial charge on any atom is 0.329 e. The molecule has 0 saturated carbocycles. The van der Waals surface area contributed by atoms with E-state index in [2.05, 4.69) is 12.2 Å². The van der Waals surface area contributed by atoms with E-state index in [0.29, 0.717) is 12.2 Å². The summed E-state index contributed by atoms with van der Waals surface area (Å²) in [6.07, 6.45) is 3.61. The monoisotopic (exact) mass is 244 g/mol. The molecule has 0 unspecified atom stereocenters. The maximum atomic E-state index is 11.7. The Morgan fingerprint density at radius 3 is 2.61 bits per heavy atom. The minimum Gasteiger partial charge on any atom is -0.289 e. The standard InChI is InChI=1S/C14H16N2O2/c1-2-3-9-16-12(13(17)15-14(16)18)10-11-7-5-4-6-8-11/h4-8,10H,2-3,9H2,1H3,(H,15,17,18)/b12-10-. The van der Waals surface area contributed by atoms with Crippen LogP contribution in [-0.2, 0) is 4.79 Å². The van der Waals surface area contributed by atoms with E-state index in [4.69, 9.17) is 0 Å². The zero-order valence-corrected chi connectivity index (χ0v) is 10.3. The molecule has 1 saturated heterocycles. The lowest BCUT2D eigenvalue weighted by molar-refractivity contribution is -0.116. The number of urea groups is 1. The molecule has 1 N–H and O–H groups in total. The van der Waals surface area contributed by atoms with Gasteiger partial charge in [-0.3, -0.25) is 15.0 Å². The molecule has 94 valence electrons. The van der Waals surface area contributed by atoms with Crippen LogP contribution in [0.2, 0.25) is 0 Å². The van der Waals surface area contributed by atoms with E-state index in [-0.39, 0.29) is 11.9 Å². The number of hydrogen-bond donors (Lipinski definition) is 1. The van der Waals surface area contributed by atoms with Crippen LogP contribution in [0.25, 0.3) is 6.08 Å². The van der Waals surface area contributed by atoms with Crippen molar-refractivity contribution in [3.8, 4) is 0 Å². The number of hydrogen-bond acceptors (Lipinski definition) is 2. The van der Waals surface area contributed by atoms with Crippen LogP contribution in [0.15, 0.2) is 36.0 Å². The van der Waals surface area contributed by atoms with Gasteiger partial charge < -0.3 is 0 Å². The number of nitrogens with zero attached hydrogens (tertiary/aromatic N) is 1. The van der Waals surface area contributed by atoms with Crippen LogP contribution in [0.1, 0.15) is 25.3 Å². The molecule has 1 fully saturated rings. The predicted molar refractivity (Wildman–Crippen MR) is 69.6 cm³/mol. The van der Waals surface area contributed by atoms with Gasteiger partial charge in [0.15, 0.2) is 0 Å². The molecule has 0 radical (unpaired) electrons. The first-order valence-corrected chi connectivity index (χ1v) is 6.12. The third kappa shape index (κ3) is 2.59. The summed E-state index contributed by atoms with van der Waals surface area (Å²) in [5.74, 6) is -0.319. The molecule has 1 aliphatic heterocycles. The highest BCUT2D eigenvalue weighted by Crippen LogP contribution is 2.17. The number of carbonyl (C=O) groups is 2. The van der Waals surface area contributed by atoms with Gasteiger partial charge in [0, 0.05) is 6.54 Å². The molecular weight excluding hydrogens is 228 g/mol. The summed E-state index contributed by atoms with van der Waals surface area (Å²) in [4.78, 5) is 24.9. The lowest BCUT2D eigenvalue weighted by atomic mass is 10.2. The molecule has 1 aliphatic rings. The minimum atomic E-state index is -0.323. The lowest BCUT2D eigenvalue weighted by Crippen LogP contribution is -2.28. The van der Waals surface area contributed by atoms with Gasteiger partial charge in [0.05, 0.1) is 0 Å². The summed E-state index contributed by atoms with van der Waals surface area (Å²) < 4.78 is 0. The fraction of sp³-hybridized carbons (Fsp3) is 0.286. The van der Waals surface area contributed by atoms with Crippen molar-refractivity contribution in [1.82, 2.24) is 10.2 Å². The smallest absolute Gasteiger partial charge is 0.289 e. The molecular formula is C14H16N2O2. The Kier molecular flexibility index (Phi) is 3.77. The molecule has 18 heavy (non-hydrogen) atoms. The number of benzene rings is 1. The molecule has 0 spiro atoms.